The molecule has 1 aliphatic rings. The van der Waals surface area contributed by atoms with E-state index in [9.17, 15) is 0 Å². The third-order valence-electron chi connectivity index (χ3n) is 5.48. The second-order valence-electron chi connectivity index (χ2n) is 7.28. The molecule has 0 saturated carbocycles. The molecule has 1 fully saturated rings. The fourth-order valence-electron chi connectivity index (χ4n) is 4.06. The molecule has 2 unspecified atom stereocenters. The van der Waals surface area contributed by atoms with Crippen molar-refractivity contribution in [2.75, 3.05) is 40.8 Å². The summed E-state index contributed by atoms with van der Waals surface area (Å²) in [5.41, 5.74) is 1.21. The summed E-state index contributed by atoms with van der Waals surface area (Å²) < 4.78 is 5.44. The van der Waals surface area contributed by atoms with Crippen molar-refractivity contribution in [2.24, 2.45) is 10.9 Å². The molecule has 2 aromatic rings. The molecule has 28 heavy (non-hydrogen) atoms. The minimum atomic E-state index is 0.493. The first-order chi connectivity index (χ1) is 13.7. The van der Waals surface area contributed by atoms with Gasteiger partial charge in [0.25, 0.3) is 0 Å². The van der Waals surface area contributed by atoms with Crippen LogP contribution >= 0.6 is 11.3 Å². The van der Waals surface area contributed by atoms with Gasteiger partial charge in [-0.2, -0.15) is 0 Å². The van der Waals surface area contributed by atoms with Gasteiger partial charge >= 0.3 is 0 Å². The maximum Gasteiger partial charge on any atom is 0.190 e. The van der Waals surface area contributed by atoms with E-state index in [4.69, 9.17) is 4.74 Å². The highest BCUT2D eigenvalue weighted by Crippen LogP contribution is 2.36. The van der Waals surface area contributed by atoms with Crippen LogP contribution in [0.5, 0.6) is 5.75 Å². The molecule has 5 nitrogen and oxygen atoms in total. The minimum Gasteiger partial charge on any atom is -0.496 e. The van der Waals surface area contributed by atoms with Gasteiger partial charge in [-0.25, -0.2) is 0 Å². The highest BCUT2D eigenvalue weighted by Gasteiger charge is 2.31. The summed E-state index contributed by atoms with van der Waals surface area (Å²) in [5.74, 6) is 2.40. The van der Waals surface area contributed by atoms with Gasteiger partial charge in [0.05, 0.1) is 7.11 Å². The number of hydrogen-bond donors (Lipinski definition) is 2. The van der Waals surface area contributed by atoms with Crippen LogP contribution in [-0.2, 0) is 6.42 Å². The number of hydrogen-bond acceptors (Lipinski definition) is 4. The Balaban J connectivity index is 1.52. The Kier molecular flexibility index (Phi) is 7.74. The van der Waals surface area contributed by atoms with E-state index < -0.39 is 0 Å². The number of ether oxygens (including phenoxy) is 1. The zero-order chi connectivity index (χ0) is 19.8. The van der Waals surface area contributed by atoms with Crippen molar-refractivity contribution in [3.8, 4) is 5.75 Å². The molecule has 1 saturated heterocycles. The van der Waals surface area contributed by atoms with Crippen LogP contribution in [0.4, 0.5) is 0 Å². The van der Waals surface area contributed by atoms with Crippen molar-refractivity contribution < 1.29 is 4.74 Å². The van der Waals surface area contributed by atoms with E-state index >= 15 is 0 Å². The standard InChI is InChI=1S/C22H32N4OS/c1-23-22(24-13-12-17-8-4-5-10-19(17)27-3)25-16-18-9-6-14-26(2)21(18)20-11-7-15-28-20/h4-5,7-8,10-11,15,18,21H,6,9,12-14,16H2,1-3H3,(H2,23,24,25). The molecule has 0 amide bonds. The molecule has 0 bridgehead atoms. The van der Waals surface area contributed by atoms with Crippen molar-refractivity contribution in [1.82, 2.24) is 15.5 Å². The van der Waals surface area contributed by atoms with E-state index in [1.165, 1.54) is 29.8 Å². The van der Waals surface area contributed by atoms with Gasteiger partial charge in [-0.1, -0.05) is 24.3 Å². The Labute approximate surface area is 172 Å². The Morgan fingerprint density at radius 3 is 2.86 bits per heavy atom. The summed E-state index contributed by atoms with van der Waals surface area (Å²) in [7, 11) is 5.80. The Morgan fingerprint density at radius 2 is 2.11 bits per heavy atom. The molecule has 1 aromatic carbocycles. The number of benzene rings is 1. The lowest BCUT2D eigenvalue weighted by molar-refractivity contribution is 0.125. The first-order valence-corrected chi connectivity index (χ1v) is 10.9. The molecule has 1 aliphatic heterocycles. The molecule has 6 heteroatoms. The third kappa shape index (κ3) is 5.26. The van der Waals surface area contributed by atoms with E-state index in [0.29, 0.717) is 12.0 Å². The molecule has 0 spiro atoms. The van der Waals surface area contributed by atoms with Crippen LogP contribution in [0.3, 0.4) is 0 Å². The second kappa shape index (κ2) is 10.5. The van der Waals surface area contributed by atoms with Crippen molar-refractivity contribution in [1.29, 1.82) is 0 Å². The van der Waals surface area contributed by atoms with Crippen LogP contribution in [0.25, 0.3) is 0 Å². The molecule has 1 aromatic heterocycles. The molecule has 152 valence electrons. The Bertz CT molecular complexity index is 747. The summed E-state index contributed by atoms with van der Waals surface area (Å²) in [6, 6.07) is 13.1. The second-order valence-corrected chi connectivity index (χ2v) is 8.26. The maximum absolute atomic E-state index is 5.44. The van der Waals surface area contributed by atoms with E-state index in [1.54, 1.807) is 7.11 Å². The number of nitrogens with one attached hydrogen (secondary N) is 2. The predicted octanol–water partition coefficient (Wildman–Crippen LogP) is 3.55. The molecule has 0 radical (unpaired) electrons. The first-order valence-electron chi connectivity index (χ1n) is 10.0. The topological polar surface area (TPSA) is 48.9 Å². The zero-order valence-corrected chi connectivity index (χ0v) is 18.0. The van der Waals surface area contributed by atoms with Gasteiger partial charge in [0.2, 0.25) is 0 Å². The lowest BCUT2D eigenvalue weighted by Gasteiger charge is -2.39. The summed E-state index contributed by atoms with van der Waals surface area (Å²) in [6.45, 7) is 2.92. The van der Waals surface area contributed by atoms with Crippen molar-refractivity contribution in [3.63, 3.8) is 0 Å². The number of para-hydroxylation sites is 1. The largest absolute Gasteiger partial charge is 0.496 e. The number of aliphatic imine (C=N–C) groups is 1. The van der Waals surface area contributed by atoms with Gasteiger partial charge in [0.15, 0.2) is 5.96 Å². The van der Waals surface area contributed by atoms with Crippen LogP contribution in [0.1, 0.15) is 29.3 Å². The summed E-state index contributed by atoms with van der Waals surface area (Å²) in [4.78, 5) is 8.37. The van der Waals surface area contributed by atoms with Gasteiger partial charge in [-0.15, -0.1) is 11.3 Å². The van der Waals surface area contributed by atoms with Crippen molar-refractivity contribution in [3.05, 3.63) is 52.2 Å². The smallest absolute Gasteiger partial charge is 0.190 e. The van der Waals surface area contributed by atoms with Gasteiger partial charge in [-0.3, -0.25) is 9.89 Å². The lowest BCUT2D eigenvalue weighted by Crippen LogP contribution is -2.45. The van der Waals surface area contributed by atoms with Crippen LogP contribution in [-0.4, -0.2) is 51.7 Å². The highest BCUT2D eigenvalue weighted by atomic mass is 32.1. The van der Waals surface area contributed by atoms with Crippen LogP contribution < -0.4 is 15.4 Å². The lowest BCUT2D eigenvalue weighted by atomic mass is 9.88. The molecule has 0 aliphatic carbocycles. The maximum atomic E-state index is 5.44. The number of nitrogens with zero attached hydrogens (tertiary/aromatic N) is 2. The highest BCUT2D eigenvalue weighted by molar-refractivity contribution is 7.10. The predicted molar refractivity (Wildman–Crippen MR) is 118 cm³/mol. The quantitative estimate of drug-likeness (QED) is 0.551. The number of rotatable bonds is 7. The summed E-state index contributed by atoms with van der Waals surface area (Å²) >= 11 is 1.86. The first kappa shape index (κ1) is 20.7. The molecule has 3 rings (SSSR count). The fourth-order valence-corrected chi connectivity index (χ4v) is 5.04. The van der Waals surface area contributed by atoms with Crippen LogP contribution in [0, 0.1) is 5.92 Å². The van der Waals surface area contributed by atoms with E-state index in [-0.39, 0.29) is 0 Å². The Morgan fingerprint density at radius 1 is 1.25 bits per heavy atom. The zero-order valence-electron chi connectivity index (χ0n) is 17.1. The summed E-state index contributed by atoms with van der Waals surface area (Å²) in [6.07, 6.45) is 3.40. The minimum absolute atomic E-state index is 0.493. The SMILES string of the molecule is CN=C(NCCc1ccccc1OC)NCC1CCCN(C)C1c1cccs1. The molecular formula is C22H32N4OS. The van der Waals surface area contributed by atoms with E-state index in [2.05, 4.69) is 57.2 Å². The normalized spacial score (nSPS) is 20.8. The Hall–Kier alpha value is -2.05. The molecule has 2 atom stereocenters. The van der Waals surface area contributed by atoms with Gasteiger partial charge in [-0.05, 0) is 61.8 Å². The number of thiophene rings is 1. The number of piperidine rings is 1. The van der Waals surface area contributed by atoms with Gasteiger partial charge in [0, 0.05) is 31.1 Å². The van der Waals surface area contributed by atoms with Crippen LogP contribution in [0.15, 0.2) is 46.8 Å². The average Bonchev–Trinajstić information content (AvgIpc) is 3.25. The number of likely N-dealkylation sites (tertiary alicyclic amines) is 1. The number of methoxy groups -OCH3 is 1. The fraction of sp³-hybridized carbons (Fsp3) is 0.500. The van der Waals surface area contributed by atoms with E-state index in [0.717, 1.165) is 31.2 Å². The molecular weight excluding hydrogens is 368 g/mol. The van der Waals surface area contributed by atoms with Crippen molar-refractivity contribution >= 4 is 17.3 Å². The molecule has 2 N–H and O–H groups in total. The average molecular weight is 401 g/mol. The van der Waals surface area contributed by atoms with Crippen molar-refractivity contribution in [2.45, 2.75) is 25.3 Å². The van der Waals surface area contributed by atoms with Crippen LogP contribution in [0.2, 0.25) is 0 Å². The van der Waals surface area contributed by atoms with Gasteiger partial charge < -0.3 is 15.4 Å². The van der Waals surface area contributed by atoms with E-state index in [1.807, 2.05) is 30.5 Å². The monoisotopic (exact) mass is 400 g/mol. The molecule has 2 heterocycles. The van der Waals surface area contributed by atoms with Gasteiger partial charge in [0.1, 0.15) is 5.75 Å². The summed E-state index contributed by atoms with van der Waals surface area (Å²) in [5, 5.41) is 9.18. The third-order valence-corrected chi connectivity index (χ3v) is 6.42. The number of guanidine groups is 1.